The Morgan fingerprint density at radius 2 is 1.85 bits per heavy atom. The molecule has 0 aliphatic carbocycles. The summed E-state index contributed by atoms with van der Waals surface area (Å²) in [4.78, 5) is 28.2. The normalized spacial score (nSPS) is 20.8. The largest absolute Gasteiger partial charge is 0.491 e. The maximum atomic E-state index is 12.7. The van der Waals surface area contributed by atoms with Crippen molar-refractivity contribution in [3.63, 3.8) is 0 Å². The van der Waals surface area contributed by atoms with Crippen LogP contribution in [0.5, 0.6) is 5.75 Å². The van der Waals surface area contributed by atoms with Crippen molar-refractivity contribution in [1.82, 2.24) is 9.80 Å². The average Bonchev–Trinajstić information content (AvgIpc) is 3.19. The zero-order valence-electron chi connectivity index (χ0n) is 15.6. The number of hydrogen-bond acceptors (Lipinski definition) is 4. The number of benzene rings is 1. The van der Waals surface area contributed by atoms with Gasteiger partial charge in [0.15, 0.2) is 0 Å². The van der Waals surface area contributed by atoms with Gasteiger partial charge in [-0.1, -0.05) is 0 Å². The minimum Gasteiger partial charge on any atom is -0.491 e. The number of piperidine rings is 1. The summed E-state index contributed by atoms with van der Waals surface area (Å²) in [6.45, 7) is 2.62. The van der Waals surface area contributed by atoms with E-state index >= 15 is 0 Å². The molecule has 2 heterocycles. The van der Waals surface area contributed by atoms with Gasteiger partial charge in [-0.25, -0.2) is 0 Å². The topological polar surface area (TPSA) is 59.1 Å². The van der Waals surface area contributed by atoms with E-state index in [1.54, 1.807) is 19.0 Å². The van der Waals surface area contributed by atoms with E-state index in [0.717, 1.165) is 38.0 Å². The third-order valence-electron chi connectivity index (χ3n) is 5.13. The molecule has 6 nitrogen and oxygen atoms in total. The minimum absolute atomic E-state index is 0.0198. The van der Waals surface area contributed by atoms with Crippen molar-refractivity contribution in [2.75, 3.05) is 40.4 Å². The average molecular weight is 360 g/mol. The van der Waals surface area contributed by atoms with Crippen molar-refractivity contribution < 1.29 is 19.1 Å². The number of carbonyl (C=O) groups is 2. The zero-order chi connectivity index (χ0) is 18.5. The van der Waals surface area contributed by atoms with Crippen molar-refractivity contribution in [3.8, 4) is 5.75 Å². The van der Waals surface area contributed by atoms with Gasteiger partial charge in [-0.15, -0.1) is 0 Å². The summed E-state index contributed by atoms with van der Waals surface area (Å²) in [7, 11) is 3.56. The van der Waals surface area contributed by atoms with Gasteiger partial charge in [-0.05, 0) is 49.9 Å². The first kappa shape index (κ1) is 18.7. The molecular formula is C20H28N2O4. The number of amides is 2. The molecule has 2 amide bonds. The molecule has 0 spiro atoms. The third-order valence-corrected chi connectivity index (χ3v) is 5.13. The Bertz CT molecular complexity index is 615. The lowest BCUT2D eigenvalue weighted by Gasteiger charge is -2.32. The Hall–Kier alpha value is -2.08. The van der Waals surface area contributed by atoms with Crippen LogP contribution in [-0.2, 0) is 9.53 Å². The Morgan fingerprint density at radius 3 is 2.42 bits per heavy atom. The molecule has 1 aromatic rings. The molecule has 0 N–H and O–H groups in total. The molecule has 0 bridgehead atoms. The van der Waals surface area contributed by atoms with Gasteiger partial charge in [0.25, 0.3) is 5.91 Å². The van der Waals surface area contributed by atoms with Gasteiger partial charge < -0.3 is 19.3 Å². The quantitative estimate of drug-likeness (QED) is 0.808. The van der Waals surface area contributed by atoms with Crippen molar-refractivity contribution in [3.05, 3.63) is 29.8 Å². The zero-order valence-corrected chi connectivity index (χ0v) is 15.6. The monoisotopic (exact) mass is 360 g/mol. The second-order valence-electron chi connectivity index (χ2n) is 7.27. The van der Waals surface area contributed by atoms with Crippen LogP contribution in [0.25, 0.3) is 0 Å². The van der Waals surface area contributed by atoms with Gasteiger partial charge in [0.05, 0.1) is 6.10 Å². The van der Waals surface area contributed by atoms with Gasteiger partial charge in [-0.2, -0.15) is 0 Å². The first-order valence-electron chi connectivity index (χ1n) is 9.39. The minimum atomic E-state index is 0.0198. The molecule has 0 saturated carbocycles. The highest BCUT2D eigenvalue weighted by molar-refractivity contribution is 5.94. The SMILES string of the molecule is CN(C)C(=O)C1CCN(C(=O)c2ccc(OCC3CCCO3)cc2)CC1. The van der Waals surface area contributed by atoms with E-state index in [1.807, 2.05) is 29.2 Å². The van der Waals surface area contributed by atoms with Crippen molar-refractivity contribution >= 4 is 11.8 Å². The smallest absolute Gasteiger partial charge is 0.253 e. The molecule has 0 radical (unpaired) electrons. The van der Waals surface area contributed by atoms with Crippen LogP contribution >= 0.6 is 0 Å². The maximum absolute atomic E-state index is 12.7. The Labute approximate surface area is 155 Å². The third kappa shape index (κ3) is 4.55. The maximum Gasteiger partial charge on any atom is 0.253 e. The van der Waals surface area contributed by atoms with Gasteiger partial charge in [-0.3, -0.25) is 9.59 Å². The van der Waals surface area contributed by atoms with Crippen LogP contribution in [0.2, 0.25) is 0 Å². The highest BCUT2D eigenvalue weighted by Gasteiger charge is 2.28. The van der Waals surface area contributed by atoms with Crippen molar-refractivity contribution in [1.29, 1.82) is 0 Å². The number of likely N-dealkylation sites (tertiary alicyclic amines) is 1. The molecule has 2 aliphatic rings. The van der Waals surface area contributed by atoms with E-state index in [9.17, 15) is 9.59 Å². The molecule has 1 aromatic carbocycles. The van der Waals surface area contributed by atoms with Crippen molar-refractivity contribution in [2.45, 2.75) is 31.8 Å². The van der Waals surface area contributed by atoms with Crippen LogP contribution in [0.4, 0.5) is 0 Å². The highest BCUT2D eigenvalue weighted by Crippen LogP contribution is 2.22. The Morgan fingerprint density at radius 1 is 1.15 bits per heavy atom. The molecule has 0 aromatic heterocycles. The summed E-state index contributed by atoms with van der Waals surface area (Å²) >= 11 is 0. The number of hydrogen-bond donors (Lipinski definition) is 0. The first-order chi connectivity index (χ1) is 12.5. The van der Waals surface area contributed by atoms with Crippen LogP contribution in [0.1, 0.15) is 36.0 Å². The Balaban J connectivity index is 1.49. The molecule has 1 atom stereocenters. The second-order valence-corrected chi connectivity index (χ2v) is 7.27. The van der Waals surface area contributed by atoms with Crippen LogP contribution in [0.15, 0.2) is 24.3 Å². The van der Waals surface area contributed by atoms with Crippen molar-refractivity contribution in [2.24, 2.45) is 5.92 Å². The van der Waals surface area contributed by atoms with Gasteiger partial charge in [0.2, 0.25) is 5.91 Å². The summed E-state index contributed by atoms with van der Waals surface area (Å²) in [6.07, 6.45) is 3.78. The van der Waals surface area contributed by atoms with E-state index in [-0.39, 0.29) is 23.8 Å². The van der Waals surface area contributed by atoms with Crippen LogP contribution in [0, 0.1) is 5.92 Å². The number of nitrogens with zero attached hydrogens (tertiary/aromatic N) is 2. The second kappa shape index (κ2) is 8.54. The molecule has 2 aliphatic heterocycles. The lowest BCUT2D eigenvalue weighted by Crippen LogP contribution is -2.42. The van der Waals surface area contributed by atoms with Gasteiger partial charge in [0.1, 0.15) is 12.4 Å². The summed E-state index contributed by atoms with van der Waals surface area (Å²) < 4.78 is 11.3. The van der Waals surface area contributed by atoms with E-state index in [4.69, 9.17) is 9.47 Å². The van der Waals surface area contributed by atoms with Crippen LogP contribution < -0.4 is 4.74 Å². The van der Waals surface area contributed by atoms with Gasteiger partial charge >= 0.3 is 0 Å². The molecule has 1 unspecified atom stereocenters. The molecule has 26 heavy (non-hydrogen) atoms. The first-order valence-corrected chi connectivity index (χ1v) is 9.39. The summed E-state index contributed by atoms with van der Waals surface area (Å²) in [5, 5.41) is 0. The van der Waals surface area contributed by atoms with E-state index in [0.29, 0.717) is 25.3 Å². The van der Waals surface area contributed by atoms with Gasteiger partial charge in [0, 0.05) is 45.3 Å². The fourth-order valence-electron chi connectivity index (χ4n) is 3.54. The van der Waals surface area contributed by atoms with Crippen LogP contribution in [0.3, 0.4) is 0 Å². The lowest BCUT2D eigenvalue weighted by atomic mass is 9.95. The van der Waals surface area contributed by atoms with E-state index in [2.05, 4.69) is 0 Å². The molecular weight excluding hydrogens is 332 g/mol. The number of rotatable bonds is 5. The molecule has 3 rings (SSSR count). The Kier molecular flexibility index (Phi) is 6.14. The van der Waals surface area contributed by atoms with E-state index in [1.165, 1.54) is 0 Å². The standard InChI is InChI=1S/C20H28N2O4/c1-21(2)19(23)16-9-11-22(12-10-16)20(24)15-5-7-17(8-6-15)26-14-18-4-3-13-25-18/h5-8,16,18H,3-4,9-14H2,1-2H3. The lowest BCUT2D eigenvalue weighted by molar-refractivity contribution is -0.134. The fourth-order valence-corrected chi connectivity index (χ4v) is 3.54. The predicted octanol–water partition coefficient (Wildman–Crippen LogP) is 2.18. The van der Waals surface area contributed by atoms with Crippen LogP contribution in [-0.4, -0.2) is 68.1 Å². The molecule has 142 valence electrons. The van der Waals surface area contributed by atoms with E-state index < -0.39 is 0 Å². The highest BCUT2D eigenvalue weighted by atomic mass is 16.5. The number of ether oxygens (including phenoxy) is 2. The summed E-state index contributed by atoms with van der Waals surface area (Å²) in [5.74, 6) is 0.964. The molecule has 6 heteroatoms. The molecule has 2 fully saturated rings. The summed E-state index contributed by atoms with van der Waals surface area (Å²) in [5.41, 5.74) is 0.659. The molecule has 2 saturated heterocycles. The summed E-state index contributed by atoms with van der Waals surface area (Å²) in [6, 6.07) is 7.30. The number of carbonyl (C=O) groups excluding carboxylic acids is 2. The fraction of sp³-hybridized carbons (Fsp3) is 0.600. The predicted molar refractivity (Wildman–Crippen MR) is 98.2 cm³/mol.